The van der Waals surface area contributed by atoms with Gasteiger partial charge in [0.25, 0.3) is 0 Å². The Morgan fingerprint density at radius 2 is 2.17 bits per heavy atom. The summed E-state index contributed by atoms with van der Waals surface area (Å²) in [6.45, 7) is 3.97. The summed E-state index contributed by atoms with van der Waals surface area (Å²) < 4.78 is 22.7. The van der Waals surface area contributed by atoms with Gasteiger partial charge in [0.1, 0.15) is 0 Å². The average Bonchev–Trinajstić information content (AvgIpc) is 2.52. The molecule has 0 spiro atoms. The molecule has 1 fully saturated rings. The van der Waals surface area contributed by atoms with Crippen LogP contribution in [0.1, 0.15) is 39.0 Å². The molecule has 1 aromatic carbocycles. The van der Waals surface area contributed by atoms with Crippen molar-refractivity contribution in [3.05, 3.63) is 24.3 Å². The molecule has 1 atom stereocenters. The summed E-state index contributed by atoms with van der Waals surface area (Å²) in [5.74, 6) is -0.114. The zero-order valence-electron chi connectivity index (χ0n) is 13.5. The van der Waals surface area contributed by atoms with Gasteiger partial charge < -0.3 is 5.32 Å². The monoisotopic (exact) mass is 339 g/mol. The molecular weight excluding hydrogens is 314 g/mol. The maximum atomic E-state index is 12.1. The Bertz CT molecular complexity index is 646. The van der Waals surface area contributed by atoms with E-state index >= 15 is 0 Å². The molecule has 1 aliphatic heterocycles. The van der Waals surface area contributed by atoms with E-state index in [1.807, 2.05) is 0 Å². The molecule has 1 aliphatic rings. The number of hydrogen-bond acceptors (Lipinski definition) is 4. The first-order chi connectivity index (χ1) is 10.9. The van der Waals surface area contributed by atoms with E-state index in [4.69, 9.17) is 5.14 Å². The third-order valence-electron chi connectivity index (χ3n) is 4.29. The number of benzene rings is 1. The van der Waals surface area contributed by atoms with Crippen molar-refractivity contribution in [1.82, 2.24) is 4.90 Å². The highest BCUT2D eigenvalue weighted by Gasteiger charge is 2.21. The van der Waals surface area contributed by atoms with Crippen LogP contribution in [0.25, 0.3) is 0 Å². The van der Waals surface area contributed by atoms with Crippen molar-refractivity contribution >= 4 is 21.6 Å². The molecule has 7 heteroatoms. The van der Waals surface area contributed by atoms with Crippen LogP contribution in [0.15, 0.2) is 29.2 Å². The Morgan fingerprint density at radius 3 is 2.87 bits per heavy atom. The molecule has 128 valence electrons. The average molecular weight is 339 g/mol. The van der Waals surface area contributed by atoms with Crippen LogP contribution in [-0.2, 0) is 14.8 Å². The van der Waals surface area contributed by atoms with Crippen LogP contribution in [0.4, 0.5) is 5.69 Å². The minimum atomic E-state index is -3.76. The SMILES string of the molecule is CCC1CCCCN1CCC(=O)Nc1cccc(S(N)(=O)=O)c1. The van der Waals surface area contributed by atoms with Crippen LogP contribution < -0.4 is 10.5 Å². The summed E-state index contributed by atoms with van der Waals surface area (Å²) in [5.41, 5.74) is 0.451. The summed E-state index contributed by atoms with van der Waals surface area (Å²) >= 11 is 0. The predicted molar refractivity (Wildman–Crippen MR) is 90.6 cm³/mol. The molecule has 0 radical (unpaired) electrons. The highest BCUT2D eigenvalue weighted by molar-refractivity contribution is 7.89. The minimum absolute atomic E-state index is 0.00243. The number of carbonyl (C=O) groups is 1. The highest BCUT2D eigenvalue weighted by Crippen LogP contribution is 2.20. The van der Waals surface area contributed by atoms with Crippen molar-refractivity contribution < 1.29 is 13.2 Å². The Labute approximate surface area is 138 Å². The van der Waals surface area contributed by atoms with Gasteiger partial charge >= 0.3 is 0 Å². The number of hydrogen-bond donors (Lipinski definition) is 2. The molecule has 1 unspecified atom stereocenters. The number of rotatable bonds is 6. The molecule has 0 bridgehead atoms. The lowest BCUT2D eigenvalue weighted by Gasteiger charge is -2.35. The third kappa shape index (κ3) is 5.30. The van der Waals surface area contributed by atoms with Crippen molar-refractivity contribution in [2.45, 2.75) is 50.0 Å². The lowest BCUT2D eigenvalue weighted by molar-refractivity contribution is -0.116. The summed E-state index contributed by atoms with van der Waals surface area (Å²) in [4.78, 5) is 14.5. The summed E-state index contributed by atoms with van der Waals surface area (Å²) in [7, 11) is -3.76. The number of nitrogens with two attached hydrogens (primary N) is 1. The van der Waals surface area contributed by atoms with E-state index in [1.54, 1.807) is 12.1 Å². The molecule has 0 aromatic heterocycles. The standard InChI is InChI=1S/C16H25N3O3S/c1-2-14-7-3-4-10-19(14)11-9-16(20)18-13-6-5-8-15(12-13)23(17,21)22/h5-6,8,12,14H,2-4,7,9-11H2,1H3,(H,18,20)(H2,17,21,22). The van der Waals surface area contributed by atoms with Crippen LogP contribution in [0.2, 0.25) is 0 Å². The number of sulfonamides is 1. The van der Waals surface area contributed by atoms with Gasteiger partial charge in [-0.25, -0.2) is 13.6 Å². The summed E-state index contributed by atoms with van der Waals surface area (Å²) in [5, 5.41) is 7.84. The largest absolute Gasteiger partial charge is 0.326 e. The molecular formula is C16H25N3O3S. The first-order valence-corrected chi connectivity index (χ1v) is 9.61. The molecule has 1 heterocycles. The quantitative estimate of drug-likeness (QED) is 0.828. The van der Waals surface area contributed by atoms with E-state index < -0.39 is 10.0 Å². The number of likely N-dealkylation sites (tertiary alicyclic amines) is 1. The van der Waals surface area contributed by atoms with Crippen molar-refractivity contribution in [2.75, 3.05) is 18.4 Å². The second-order valence-corrected chi connectivity index (χ2v) is 7.53. The normalized spacial score (nSPS) is 19.5. The molecule has 0 aliphatic carbocycles. The number of anilines is 1. The maximum absolute atomic E-state index is 12.1. The van der Waals surface area contributed by atoms with Gasteiger partial charge in [0, 0.05) is 24.7 Å². The molecule has 1 saturated heterocycles. The molecule has 3 N–H and O–H groups in total. The first kappa shape index (κ1) is 17.9. The van der Waals surface area contributed by atoms with Gasteiger partial charge in [0.05, 0.1) is 4.90 Å². The van der Waals surface area contributed by atoms with Crippen molar-refractivity contribution in [1.29, 1.82) is 0 Å². The van der Waals surface area contributed by atoms with E-state index in [1.165, 1.54) is 31.4 Å². The van der Waals surface area contributed by atoms with Crippen LogP contribution in [-0.4, -0.2) is 38.4 Å². The van der Waals surface area contributed by atoms with Crippen molar-refractivity contribution in [2.24, 2.45) is 5.14 Å². The van der Waals surface area contributed by atoms with Gasteiger partial charge in [0.2, 0.25) is 15.9 Å². The van der Waals surface area contributed by atoms with E-state index in [9.17, 15) is 13.2 Å². The number of piperidine rings is 1. The van der Waals surface area contributed by atoms with Gasteiger partial charge in [-0.1, -0.05) is 19.4 Å². The van der Waals surface area contributed by atoms with Gasteiger partial charge in [-0.2, -0.15) is 0 Å². The zero-order valence-corrected chi connectivity index (χ0v) is 14.3. The number of amides is 1. The number of carbonyl (C=O) groups excluding carboxylic acids is 1. The van der Waals surface area contributed by atoms with E-state index in [0.717, 1.165) is 19.5 Å². The van der Waals surface area contributed by atoms with Gasteiger partial charge in [0.15, 0.2) is 0 Å². The summed E-state index contributed by atoms with van der Waals surface area (Å²) in [6, 6.07) is 6.57. The first-order valence-electron chi connectivity index (χ1n) is 8.07. The Morgan fingerprint density at radius 1 is 1.39 bits per heavy atom. The van der Waals surface area contributed by atoms with Crippen molar-refractivity contribution in [3.8, 4) is 0 Å². The smallest absolute Gasteiger partial charge is 0.238 e. The summed E-state index contributed by atoms with van der Waals surface area (Å²) in [6.07, 6.45) is 5.17. The van der Waals surface area contributed by atoms with Crippen molar-refractivity contribution in [3.63, 3.8) is 0 Å². The number of primary sulfonamides is 1. The van der Waals surface area contributed by atoms with Crippen LogP contribution in [0.3, 0.4) is 0 Å². The molecule has 1 amide bonds. The van der Waals surface area contributed by atoms with Gasteiger partial charge in [-0.3, -0.25) is 9.69 Å². The van der Waals surface area contributed by atoms with Crippen LogP contribution in [0, 0.1) is 0 Å². The Kier molecular flexibility index (Phi) is 6.15. The fourth-order valence-corrected chi connectivity index (χ4v) is 3.60. The Hall–Kier alpha value is -1.44. The fourth-order valence-electron chi connectivity index (χ4n) is 3.04. The second-order valence-electron chi connectivity index (χ2n) is 5.96. The molecule has 0 saturated carbocycles. The Balaban J connectivity index is 1.90. The topological polar surface area (TPSA) is 92.5 Å². The van der Waals surface area contributed by atoms with Gasteiger partial charge in [-0.15, -0.1) is 0 Å². The van der Waals surface area contributed by atoms with Crippen LogP contribution in [0.5, 0.6) is 0 Å². The minimum Gasteiger partial charge on any atom is -0.326 e. The number of nitrogens with zero attached hydrogens (tertiary/aromatic N) is 1. The molecule has 2 rings (SSSR count). The second kappa shape index (κ2) is 7.90. The van der Waals surface area contributed by atoms with Crippen LogP contribution >= 0.6 is 0 Å². The highest BCUT2D eigenvalue weighted by atomic mass is 32.2. The number of nitrogens with one attached hydrogen (secondary N) is 1. The zero-order chi connectivity index (χ0) is 16.9. The lowest BCUT2D eigenvalue weighted by Crippen LogP contribution is -2.40. The van der Waals surface area contributed by atoms with Gasteiger partial charge in [-0.05, 0) is 44.0 Å². The fraction of sp³-hybridized carbons (Fsp3) is 0.562. The molecule has 1 aromatic rings. The lowest BCUT2D eigenvalue weighted by atomic mass is 10.00. The molecule has 6 nitrogen and oxygen atoms in total. The molecule has 23 heavy (non-hydrogen) atoms. The maximum Gasteiger partial charge on any atom is 0.238 e. The van der Waals surface area contributed by atoms with E-state index in [0.29, 0.717) is 18.2 Å². The predicted octanol–water partition coefficient (Wildman–Crippen LogP) is 1.93. The third-order valence-corrected chi connectivity index (χ3v) is 5.20. The van der Waals surface area contributed by atoms with E-state index in [2.05, 4.69) is 17.1 Å². The van der Waals surface area contributed by atoms with E-state index in [-0.39, 0.29) is 10.8 Å².